The van der Waals surface area contributed by atoms with Gasteiger partial charge in [0.15, 0.2) is 0 Å². The number of piperidine rings is 1. The maximum absolute atomic E-state index is 12.2. The number of ether oxygens (including phenoxy) is 1. The van der Waals surface area contributed by atoms with E-state index in [2.05, 4.69) is 5.32 Å². The van der Waals surface area contributed by atoms with Crippen LogP contribution in [0.2, 0.25) is 0 Å². The summed E-state index contributed by atoms with van der Waals surface area (Å²) in [4.78, 5) is 14.1. The van der Waals surface area contributed by atoms with Crippen molar-refractivity contribution < 1.29 is 9.53 Å². The van der Waals surface area contributed by atoms with Crippen molar-refractivity contribution in [3.63, 3.8) is 0 Å². The fraction of sp³-hybridized carbons (Fsp3) is 0.917. The van der Waals surface area contributed by atoms with E-state index in [4.69, 9.17) is 4.74 Å². The van der Waals surface area contributed by atoms with Gasteiger partial charge in [-0.15, -0.1) is 0 Å². The standard InChI is InChI=1S/C12H22N2O2/c1-14(10-5-4-7-13-9-10)12(15)11-6-2-3-8-16-11/h10-11,13H,2-9H2,1H3. The maximum atomic E-state index is 12.2. The van der Waals surface area contributed by atoms with Crippen LogP contribution in [0.3, 0.4) is 0 Å². The third-order valence-electron chi connectivity index (χ3n) is 3.62. The second-order valence-electron chi connectivity index (χ2n) is 4.80. The number of hydrogen-bond acceptors (Lipinski definition) is 3. The number of nitrogens with zero attached hydrogens (tertiary/aromatic N) is 1. The Balaban J connectivity index is 1.86. The van der Waals surface area contributed by atoms with Gasteiger partial charge in [0.05, 0.1) is 0 Å². The molecule has 2 atom stereocenters. The Hall–Kier alpha value is -0.610. The first-order chi connectivity index (χ1) is 7.79. The minimum absolute atomic E-state index is 0.174. The molecule has 2 heterocycles. The highest BCUT2D eigenvalue weighted by atomic mass is 16.5. The minimum atomic E-state index is -0.180. The first-order valence-corrected chi connectivity index (χ1v) is 6.38. The smallest absolute Gasteiger partial charge is 0.251 e. The lowest BCUT2D eigenvalue weighted by atomic mass is 10.0. The highest BCUT2D eigenvalue weighted by Crippen LogP contribution is 2.17. The summed E-state index contributed by atoms with van der Waals surface area (Å²) in [6, 6.07) is 0.353. The molecule has 0 spiro atoms. The molecule has 1 amide bonds. The molecule has 0 radical (unpaired) electrons. The first kappa shape index (κ1) is 11.9. The van der Waals surface area contributed by atoms with Crippen LogP contribution in [0.25, 0.3) is 0 Å². The van der Waals surface area contributed by atoms with Crippen LogP contribution in [-0.4, -0.2) is 49.7 Å². The molecule has 0 bridgehead atoms. The Morgan fingerprint density at radius 1 is 1.31 bits per heavy atom. The summed E-state index contributed by atoms with van der Waals surface area (Å²) in [5.41, 5.74) is 0. The van der Waals surface area contributed by atoms with Gasteiger partial charge in [-0.2, -0.15) is 0 Å². The molecule has 1 N–H and O–H groups in total. The van der Waals surface area contributed by atoms with Crippen molar-refractivity contribution in [2.75, 3.05) is 26.7 Å². The summed E-state index contributed by atoms with van der Waals surface area (Å²) in [6.45, 7) is 2.75. The molecule has 0 aromatic heterocycles. The van der Waals surface area contributed by atoms with E-state index >= 15 is 0 Å². The Kier molecular flexibility index (Phi) is 4.18. The van der Waals surface area contributed by atoms with Crippen LogP contribution in [0.5, 0.6) is 0 Å². The minimum Gasteiger partial charge on any atom is -0.368 e. The van der Waals surface area contributed by atoms with E-state index in [0.717, 1.165) is 51.8 Å². The van der Waals surface area contributed by atoms with Crippen molar-refractivity contribution in [2.45, 2.75) is 44.2 Å². The third kappa shape index (κ3) is 2.74. The monoisotopic (exact) mass is 226 g/mol. The van der Waals surface area contributed by atoms with Gasteiger partial charge < -0.3 is 15.0 Å². The van der Waals surface area contributed by atoms with E-state index in [0.29, 0.717) is 6.04 Å². The molecule has 2 rings (SSSR count). The number of nitrogens with one attached hydrogen (secondary N) is 1. The molecule has 2 fully saturated rings. The average molecular weight is 226 g/mol. The molecule has 2 aliphatic rings. The second kappa shape index (κ2) is 5.64. The van der Waals surface area contributed by atoms with Crippen LogP contribution in [0.4, 0.5) is 0 Å². The molecule has 2 unspecified atom stereocenters. The average Bonchev–Trinajstić information content (AvgIpc) is 2.39. The number of carbonyl (C=O) groups is 1. The fourth-order valence-electron chi connectivity index (χ4n) is 2.51. The number of hydrogen-bond donors (Lipinski definition) is 1. The van der Waals surface area contributed by atoms with Gasteiger partial charge in [0.1, 0.15) is 6.10 Å². The van der Waals surface area contributed by atoms with E-state index in [1.807, 2.05) is 11.9 Å². The topological polar surface area (TPSA) is 41.6 Å². The largest absolute Gasteiger partial charge is 0.368 e. The molecule has 92 valence electrons. The zero-order valence-electron chi connectivity index (χ0n) is 10.1. The lowest BCUT2D eigenvalue weighted by Gasteiger charge is -2.34. The lowest BCUT2D eigenvalue weighted by molar-refractivity contribution is -0.147. The molecule has 0 saturated carbocycles. The quantitative estimate of drug-likeness (QED) is 0.756. The number of likely N-dealkylation sites (N-methyl/N-ethyl adjacent to an activating group) is 1. The second-order valence-corrected chi connectivity index (χ2v) is 4.80. The van der Waals surface area contributed by atoms with Gasteiger partial charge in [0.25, 0.3) is 5.91 Å². The molecule has 2 saturated heterocycles. The zero-order chi connectivity index (χ0) is 11.4. The van der Waals surface area contributed by atoms with E-state index in [9.17, 15) is 4.79 Å². The summed E-state index contributed by atoms with van der Waals surface area (Å²) in [6.07, 6.45) is 5.20. The molecule has 4 nitrogen and oxygen atoms in total. The van der Waals surface area contributed by atoms with Gasteiger partial charge in [-0.3, -0.25) is 4.79 Å². The van der Waals surface area contributed by atoms with Crippen LogP contribution in [0.1, 0.15) is 32.1 Å². The summed E-state index contributed by atoms with van der Waals surface area (Å²) in [7, 11) is 1.91. The third-order valence-corrected chi connectivity index (χ3v) is 3.62. The predicted octanol–water partition coefficient (Wildman–Crippen LogP) is 0.766. The van der Waals surface area contributed by atoms with E-state index < -0.39 is 0 Å². The summed E-state index contributed by atoms with van der Waals surface area (Å²) in [5, 5.41) is 3.34. The summed E-state index contributed by atoms with van der Waals surface area (Å²) in [5.74, 6) is 0.174. The molecule has 0 aromatic rings. The van der Waals surface area contributed by atoms with Crippen LogP contribution in [-0.2, 0) is 9.53 Å². The Labute approximate surface area is 97.3 Å². The molecule has 4 heteroatoms. The molecule has 0 aliphatic carbocycles. The van der Waals surface area contributed by atoms with Crippen molar-refractivity contribution in [3.05, 3.63) is 0 Å². The Bertz CT molecular complexity index is 233. The first-order valence-electron chi connectivity index (χ1n) is 6.38. The Morgan fingerprint density at radius 3 is 2.81 bits per heavy atom. The number of rotatable bonds is 2. The summed E-state index contributed by atoms with van der Waals surface area (Å²) >= 11 is 0. The van der Waals surface area contributed by atoms with Gasteiger partial charge in [-0.1, -0.05) is 0 Å². The fourth-order valence-corrected chi connectivity index (χ4v) is 2.51. The molecule has 0 aromatic carbocycles. The molecule has 2 aliphatic heterocycles. The highest BCUT2D eigenvalue weighted by molar-refractivity contribution is 5.81. The van der Waals surface area contributed by atoms with Crippen molar-refractivity contribution in [1.82, 2.24) is 10.2 Å². The molecular weight excluding hydrogens is 204 g/mol. The maximum Gasteiger partial charge on any atom is 0.251 e. The van der Waals surface area contributed by atoms with Gasteiger partial charge in [0, 0.05) is 26.2 Å². The van der Waals surface area contributed by atoms with Gasteiger partial charge in [-0.25, -0.2) is 0 Å². The van der Waals surface area contributed by atoms with Crippen molar-refractivity contribution in [2.24, 2.45) is 0 Å². The van der Waals surface area contributed by atoms with E-state index in [1.54, 1.807) is 0 Å². The van der Waals surface area contributed by atoms with E-state index in [1.165, 1.54) is 0 Å². The van der Waals surface area contributed by atoms with Crippen LogP contribution in [0, 0.1) is 0 Å². The van der Waals surface area contributed by atoms with Gasteiger partial charge >= 0.3 is 0 Å². The highest BCUT2D eigenvalue weighted by Gasteiger charge is 2.29. The Morgan fingerprint density at radius 2 is 2.19 bits per heavy atom. The van der Waals surface area contributed by atoms with Crippen molar-refractivity contribution in [1.29, 1.82) is 0 Å². The molecule has 16 heavy (non-hydrogen) atoms. The van der Waals surface area contributed by atoms with Gasteiger partial charge in [-0.05, 0) is 38.6 Å². The predicted molar refractivity (Wildman–Crippen MR) is 62.3 cm³/mol. The lowest BCUT2D eigenvalue weighted by Crippen LogP contribution is -2.50. The van der Waals surface area contributed by atoms with Gasteiger partial charge in [0.2, 0.25) is 0 Å². The summed E-state index contributed by atoms with van der Waals surface area (Å²) < 4.78 is 5.54. The van der Waals surface area contributed by atoms with Crippen LogP contribution < -0.4 is 5.32 Å². The zero-order valence-corrected chi connectivity index (χ0v) is 10.1. The van der Waals surface area contributed by atoms with E-state index in [-0.39, 0.29) is 12.0 Å². The normalized spacial score (nSPS) is 31.1. The van der Waals surface area contributed by atoms with Crippen molar-refractivity contribution >= 4 is 5.91 Å². The number of carbonyl (C=O) groups excluding carboxylic acids is 1. The number of amides is 1. The van der Waals surface area contributed by atoms with Crippen LogP contribution in [0.15, 0.2) is 0 Å². The molecular formula is C12H22N2O2. The SMILES string of the molecule is CN(C(=O)C1CCCCO1)C1CCCNC1. The van der Waals surface area contributed by atoms with Crippen molar-refractivity contribution in [3.8, 4) is 0 Å². The van der Waals surface area contributed by atoms with Crippen LogP contribution >= 0.6 is 0 Å².